The van der Waals surface area contributed by atoms with Gasteiger partial charge in [0.25, 0.3) is 5.91 Å². The first-order valence-electron chi connectivity index (χ1n) is 8.54. The molecule has 142 valence electrons. The van der Waals surface area contributed by atoms with Crippen molar-refractivity contribution >= 4 is 5.91 Å². The zero-order valence-electron chi connectivity index (χ0n) is 14.5. The van der Waals surface area contributed by atoms with Crippen molar-refractivity contribution < 1.29 is 24.9 Å². The quantitative estimate of drug-likeness (QED) is 0.528. The number of aliphatic hydroxyl groups excluding tert-OH is 3. The van der Waals surface area contributed by atoms with Crippen molar-refractivity contribution in [3.05, 3.63) is 53.6 Å². The molecule has 1 aliphatic rings. The molecule has 2 aromatic rings. The summed E-state index contributed by atoms with van der Waals surface area (Å²) in [6.45, 7) is -0.454. The molecule has 0 spiro atoms. The van der Waals surface area contributed by atoms with Gasteiger partial charge in [-0.1, -0.05) is 36.3 Å². The number of aryl methyl sites for hydroxylation is 1. The molecule has 1 aromatic carbocycles. The third-order valence-electron chi connectivity index (χ3n) is 4.41. The Hall–Kier alpha value is -2.70. The summed E-state index contributed by atoms with van der Waals surface area (Å²) in [5.41, 5.74) is 6.66. The summed E-state index contributed by atoms with van der Waals surface area (Å²) in [5.74, 6) is 5.10. The number of benzene rings is 1. The number of carbonyl (C=O) groups excluding carboxylic acids is 1. The minimum absolute atomic E-state index is 0.0417. The highest BCUT2D eigenvalue weighted by Gasteiger charge is 2.44. The largest absolute Gasteiger partial charge is 0.394 e. The van der Waals surface area contributed by atoms with Crippen LogP contribution in [0.15, 0.2) is 36.7 Å². The average molecular weight is 371 g/mol. The van der Waals surface area contributed by atoms with Crippen LogP contribution in [-0.2, 0) is 11.2 Å². The highest BCUT2D eigenvalue weighted by atomic mass is 16.6. The number of carbonyl (C=O) groups is 1. The van der Waals surface area contributed by atoms with Gasteiger partial charge < -0.3 is 25.8 Å². The Morgan fingerprint density at radius 1 is 1.26 bits per heavy atom. The van der Waals surface area contributed by atoms with Crippen molar-refractivity contribution in [1.29, 1.82) is 0 Å². The molecular formula is C19H21N3O5. The van der Waals surface area contributed by atoms with Gasteiger partial charge in [-0.3, -0.25) is 9.36 Å². The van der Waals surface area contributed by atoms with E-state index in [1.807, 2.05) is 30.3 Å². The lowest BCUT2D eigenvalue weighted by Gasteiger charge is -2.17. The lowest BCUT2D eigenvalue weighted by atomic mass is 10.1. The third-order valence-corrected chi connectivity index (χ3v) is 4.41. The molecule has 1 amide bonds. The molecule has 4 atom stereocenters. The second-order valence-corrected chi connectivity index (χ2v) is 6.23. The van der Waals surface area contributed by atoms with Crippen LogP contribution in [-0.4, -0.2) is 55.7 Å². The first-order chi connectivity index (χ1) is 13.0. The van der Waals surface area contributed by atoms with Gasteiger partial charge in [-0.25, -0.2) is 4.98 Å². The number of imidazole rings is 1. The molecular weight excluding hydrogens is 350 g/mol. The molecule has 1 saturated heterocycles. The monoisotopic (exact) mass is 371 g/mol. The van der Waals surface area contributed by atoms with E-state index in [0.29, 0.717) is 6.42 Å². The van der Waals surface area contributed by atoms with E-state index >= 15 is 0 Å². The Morgan fingerprint density at radius 3 is 2.63 bits per heavy atom. The van der Waals surface area contributed by atoms with E-state index in [0.717, 1.165) is 12.0 Å². The summed E-state index contributed by atoms with van der Waals surface area (Å²) >= 11 is 0. The van der Waals surface area contributed by atoms with Gasteiger partial charge in [0.1, 0.15) is 24.0 Å². The number of hydrogen-bond acceptors (Lipinski definition) is 6. The minimum Gasteiger partial charge on any atom is -0.394 e. The van der Waals surface area contributed by atoms with E-state index in [4.69, 9.17) is 10.5 Å². The Morgan fingerprint density at radius 2 is 2.00 bits per heavy atom. The van der Waals surface area contributed by atoms with Gasteiger partial charge >= 0.3 is 0 Å². The van der Waals surface area contributed by atoms with E-state index < -0.39 is 37.1 Å². The van der Waals surface area contributed by atoms with Crippen molar-refractivity contribution in [3.63, 3.8) is 0 Å². The van der Waals surface area contributed by atoms with Crippen LogP contribution in [0.2, 0.25) is 0 Å². The summed E-state index contributed by atoms with van der Waals surface area (Å²) in [4.78, 5) is 15.6. The number of nitrogens with two attached hydrogens (primary N) is 1. The van der Waals surface area contributed by atoms with Gasteiger partial charge in [-0.15, -0.1) is 0 Å². The summed E-state index contributed by atoms with van der Waals surface area (Å²) in [7, 11) is 0. The summed E-state index contributed by atoms with van der Waals surface area (Å²) < 4.78 is 6.84. The van der Waals surface area contributed by atoms with Crippen molar-refractivity contribution in [1.82, 2.24) is 9.55 Å². The van der Waals surface area contributed by atoms with Gasteiger partial charge in [0.15, 0.2) is 11.9 Å². The predicted molar refractivity (Wildman–Crippen MR) is 95.4 cm³/mol. The Bertz CT molecular complexity index is 855. The Balaban J connectivity index is 1.83. The number of rotatable bonds is 5. The number of amides is 1. The Labute approximate surface area is 156 Å². The molecule has 0 radical (unpaired) electrons. The number of aliphatic hydroxyl groups is 3. The molecule has 0 aliphatic carbocycles. The second-order valence-electron chi connectivity index (χ2n) is 6.23. The smallest absolute Gasteiger partial charge is 0.270 e. The molecule has 1 aliphatic heterocycles. The third kappa shape index (κ3) is 4.02. The fourth-order valence-corrected chi connectivity index (χ4v) is 2.97. The molecule has 27 heavy (non-hydrogen) atoms. The highest BCUT2D eigenvalue weighted by Crippen LogP contribution is 2.30. The standard InChI is InChI=1S/C19H21N3O5/c20-18(26)15-13(9-5-4-8-12-6-2-1-3-7-12)22(11-21-15)19-17(25)16(24)14(10-23)27-19/h1-3,6-7,11,14,16-17,19,23-25H,4,8,10H2,(H2,20,26)/t14-,16-,17-,19?/m1/s1. The van der Waals surface area contributed by atoms with Crippen LogP contribution in [0.4, 0.5) is 0 Å². The van der Waals surface area contributed by atoms with Gasteiger partial charge in [0.2, 0.25) is 0 Å². The van der Waals surface area contributed by atoms with Crippen molar-refractivity contribution in [2.45, 2.75) is 37.4 Å². The second kappa shape index (κ2) is 8.33. The van der Waals surface area contributed by atoms with Crippen LogP contribution < -0.4 is 5.73 Å². The summed E-state index contributed by atoms with van der Waals surface area (Å²) in [6, 6.07) is 9.84. The van der Waals surface area contributed by atoms with Crippen molar-refractivity contribution in [2.75, 3.05) is 6.61 Å². The molecule has 5 N–H and O–H groups in total. The van der Waals surface area contributed by atoms with Gasteiger partial charge in [0.05, 0.1) is 12.9 Å². The SMILES string of the molecule is NC(=O)c1ncn(C2O[C@H](CO)[C@@H](O)[C@H]2O)c1C#CCCc1ccccc1. The van der Waals surface area contributed by atoms with Gasteiger partial charge in [-0.2, -0.15) is 0 Å². The number of ether oxygens (including phenoxy) is 1. The first-order valence-corrected chi connectivity index (χ1v) is 8.54. The van der Waals surface area contributed by atoms with Crippen LogP contribution in [0.1, 0.15) is 34.4 Å². The zero-order chi connectivity index (χ0) is 19.4. The molecule has 1 fully saturated rings. The van der Waals surface area contributed by atoms with Gasteiger partial charge in [0, 0.05) is 6.42 Å². The van der Waals surface area contributed by atoms with Crippen molar-refractivity contribution in [2.24, 2.45) is 5.73 Å². The topological polar surface area (TPSA) is 131 Å². The van der Waals surface area contributed by atoms with E-state index in [9.17, 15) is 20.1 Å². The number of primary amides is 1. The van der Waals surface area contributed by atoms with E-state index in [1.165, 1.54) is 10.9 Å². The summed E-state index contributed by atoms with van der Waals surface area (Å²) in [5, 5.41) is 29.4. The maximum Gasteiger partial charge on any atom is 0.270 e. The van der Waals surface area contributed by atoms with Crippen LogP contribution in [0.3, 0.4) is 0 Å². The van der Waals surface area contributed by atoms with Crippen LogP contribution in [0.5, 0.6) is 0 Å². The normalized spacial score (nSPS) is 24.4. The van der Waals surface area contributed by atoms with Crippen LogP contribution >= 0.6 is 0 Å². The molecule has 8 heteroatoms. The molecule has 1 aromatic heterocycles. The summed E-state index contributed by atoms with van der Waals surface area (Å²) in [6.07, 6.45) is -1.98. The van der Waals surface area contributed by atoms with Crippen LogP contribution in [0, 0.1) is 11.8 Å². The zero-order valence-corrected chi connectivity index (χ0v) is 14.5. The molecule has 0 bridgehead atoms. The van der Waals surface area contributed by atoms with Crippen LogP contribution in [0.25, 0.3) is 0 Å². The molecule has 3 rings (SSSR count). The lowest BCUT2D eigenvalue weighted by Crippen LogP contribution is -2.33. The lowest BCUT2D eigenvalue weighted by molar-refractivity contribution is -0.0531. The average Bonchev–Trinajstić information content (AvgIpc) is 3.21. The fourth-order valence-electron chi connectivity index (χ4n) is 2.97. The van der Waals surface area contributed by atoms with E-state index in [-0.39, 0.29) is 11.4 Å². The number of hydrogen-bond donors (Lipinski definition) is 4. The number of aromatic nitrogens is 2. The van der Waals surface area contributed by atoms with E-state index in [2.05, 4.69) is 16.8 Å². The fraction of sp³-hybridized carbons (Fsp3) is 0.368. The minimum atomic E-state index is -1.30. The molecule has 8 nitrogen and oxygen atoms in total. The van der Waals surface area contributed by atoms with Crippen molar-refractivity contribution in [3.8, 4) is 11.8 Å². The predicted octanol–water partition coefficient (Wildman–Crippen LogP) is -0.422. The van der Waals surface area contributed by atoms with Gasteiger partial charge in [-0.05, 0) is 17.9 Å². The maximum absolute atomic E-state index is 11.7. The molecule has 0 saturated carbocycles. The number of nitrogens with zero attached hydrogens (tertiary/aromatic N) is 2. The highest BCUT2D eigenvalue weighted by molar-refractivity contribution is 5.93. The molecule has 1 unspecified atom stereocenters. The Kier molecular flexibility index (Phi) is 5.88. The molecule has 2 heterocycles. The maximum atomic E-state index is 11.7. The van der Waals surface area contributed by atoms with E-state index in [1.54, 1.807) is 0 Å². The first kappa shape index (κ1) is 19.1.